The zero-order chi connectivity index (χ0) is 17.9. The molecule has 1 N–H and O–H groups in total. The average Bonchev–Trinajstić information content (AvgIpc) is 2.89. The molecule has 0 atom stereocenters. The summed E-state index contributed by atoms with van der Waals surface area (Å²) < 4.78 is 6.10. The minimum Gasteiger partial charge on any atom is -0.476 e. The van der Waals surface area contributed by atoms with E-state index < -0.39 is 0 Å². The van der Waals surface area contributed by atoms with Gasteiger partial charge in [-0.25, -0.2) is 9.97 Å². The van der Waals surface area contributed by atoms with E-state index in [4.69, 9.17) is 4.74 Å². The highest BCUT2D eigenvalue weighted by Gasteiger charge is 2.21. The third-order valence-electron chi connectivity index (χ3n) is 4.31. The van der Waals surface area contributed by atoms with Crippen molar-refractivity contribution in [3.05, 3.63) is 52.7 Å². The number of benzene rings is 1. The third-order valence-corrected chi connectivity index (χ3v) is 5.42. The van der Waals surface area contributed by atoms with Gasteiger partial charge in [-0.2, -0.15) is 0 Å². The molecule has 2 aromatic heterocycles. The van der Waals surface area contributed by atoms with E-state index in [1.807, 2.05) is 6.07 Å². The zero-order valence-corrected chi connectivity index (χ0v) is 16.1. The number of hydrogen-bond donors (Lipinski definition) is 1. The second-order valence-corrected chi connectivity index (χ2v) is 8.39. The first-order valence-corrected chi connectivity index (χ1v) is 9.36. The van der Waals surface area contributed by atoms with Crippen molar-refractivity contribution >= 4 is 21.6 Å². The fourth-order valence-electron chi connectivity index (χ4n) is 2.72. The number of fused-ring (bicyclic) bond motifs is 1. The van der Waals surface area contributed by atoms with Crippen LogP contribution in [0.4, 0.5) is 0 Å². The Morgan fingerprint density at radius 3 is 2.64 bits per heavy atom. The molecule has 3 rings (SSSR count). The van der Waals surface area contributed by atoms with E-state index in [9.17, 15) is 0 Å². The molecule has 3 aromatic rings. The van der Waals surface area contributed by atoms with Gasteiger partial charge in [-0.15, -0.1) is 11.3 Å². The molecule has 0 spiro atoms. The van der Waals surface area contributed by atoms with E-state index in [1.54, 1.807) is 17.7 Å². The number of nitrogens with one attached hydrogen (secondary N) is 1. The fourth-order valence-corrected chi connectivity index (χ4v) is 3.70. The molecule has 1 aromatic carbocycles. The van der Waals surface area contributed by atoms with Gasteiger partial charge in [-0.3, -0.25) is 0 Å². The Labute approximate surface area is 153 Å². The highest BCUT2D eigenvalue weighted by molar-refractivity contribution is 7.18. The van der Waals surface area contributed by atoms with Crippen LogP contribution < -0.4 is 10.1 Å². The maximum atomic E-state index is 6.10. The van der Waals surface area contributed by atoms with Gasteiger partial charge in [0.25, 0.3) is 0 Å². The van der Waals surface area contributed by atoms with Crippen LogP contribution in [0.2, 0.25) is 0 Å². The summed E-state index contributed by atoms with van der Waals surface area (Å²) in [6, 6.07) is 10.4. The second kappa shape index (κ2) is 7.50. The van der Waals surface area contributed by atoms with Crippen LogP contribution >= 0.6 is 11.3 Å². The van der Waals surface area contributed by atoms with Crippen molar-refractivity contribution in [3.63, 3.8) is 0 Å². The number of hydrogen-bond acceptors (Lipinski definition) is 5. The largest absolute Gasteiger partial charge is 0.476 e. The number of aromatic nitrogens is 2. The molecule has 0 aliphatic rings. The summed E-state index contributed by atoms with van der Waals surface area (Å²) >= 11 is 1.69. The van der Waals surface area contributed by atoms with E-state index in [1.165, 1.54) is 16.0 Å². The van der Waals surface area contributed by atoms with Gasteiger partial charge in [0.2, 0.25) is 5.88 Å². The monoisotopic (exact) mass is 355 g/mol. The van der Waals surface area contributed by atoms with E-state index in [0.29, 0.717) is 12.5 Å². The lowest BCUT2D eigenvalue weighted by Gasteiger charge is -2.25. The normalized spacial score (nSPS) is 11.8. The maximum Gasteiger partial charge on any atom is 0.225 e. The van der Waals surface area contributed by atoms with Crippen LogP contribution in [0.5, 0.6) is 5.88 Å². The molecule has 0 aliphatic heterocycles. The summed E-state index contributed by atoms with van der Waals surface area (Å²) in [4.78, 5) is 11.0. The number of aryl methyl sites for hydroxylation is 2. The lowest BCUT2D eigenvalue weighted by Crippen LogP contribution is -2.34. The number of rotatable bonds is 7. The number of nitrogens with zero attached hydrogens (tertiary/aromatic N) is 2. The quantitative estimate of drug-likeness (QED) is 0.678. The molecule has 0 aliphatic carbocycles. The van der Waals surface area contributed by atoms with Crippen LogP contribution in [-0.4, -0.2) is 23.1 Å². The highest BCUT2D eigenvalue weighted by atomic mass is 32.1. The summed E-state index contributed by atoms with van der Waals surface area (Å²) in [5.41, 5.74) is 2.52. The van der Waals surface area contributed by atoms with Gasteiger partial charge >= 0.3 is 0 Å². The molecule has 0 saturated heterocycles. The minimum absolute atomic E-state index is 0.00498. The molecule has 0 amide bonds. The first kappa shape index (κ1) is 17.8. The topological polar surface area (TPSA) is 47.0 Å². The van der Waals surface area contributed by atoms with E-state index in [0.717, 1.165) is 23.3 Å². The predicted octanol–water partition coefficient (Wildman–Crippen LogP) is 4.50. The standard InChI is InChI=1S/C20H25N3OS/c1-14-15(2)25-19-17(14)18(22-13-23-19)24-12-20(3,4)11-21-10-16-8-6-5-7-9-16/h5-9,13,21H,10-12H2,1-4H3. The van der Waals surface area contributed by atoms with Gasteiger partial charge in [-0.1, -0.05) is 44.2 Å². The van der Waals surface area contributed by atoms with Crippen molar-refractivity contribution in [3.8, 4) is 5.88 Å². The Kier molecular flexibility index (Phi) is 5.35. The second-order valence-electron chi connectivity index (χ2n) is 7.18. The van der Waals surface area contributed by atoms with Crippen LogP contribution in [0.15, 0.2) is 36.7 Å². The van der Waals surface area contributed by atoms with E-state index >= 15 is 0 Å². The fraction of sp³-hybridized carbons (Fsp3) is 0.400. The van der Waals surface area contributed by atoms with Crippen LogP contribution in [-0.2, 0) is 6.54 Å². The molecular formula is C20H25N3OS. The zero-order valence-electron chi connectivity index (χ0n) is 15.3. The summed E-state index contributed by atoms with van der Waals surface area (Å²) in [6.07, 6.45) is 1.59. The molecule has 0 saturated carbocycles. The summed E-state index contributed by atoms with van der Waals surface area (Å²) in [6.45, 7) is 11.0. The summed E-state index contributed by atoms with van der Waals surface area (Å²) in [7, 11) is 0. The van der Waals surface area contributed by atoms with Crippen LogP contribution in [0.3, 0.4) is 0 Å². The number of thiophene rings is 1. The van der Waals surface area contributed by atoms with Crippen molar-refractivity contribution in [1.82, 2.24) is 15.3 Å². The van der Waals surface area contributed by atoms with Crippen LogP contribution in [0.1, 0.15) is 29.9 Å². The third kappa shape index (κ3) is 4.35. The van der Waals surface area contributed by atoms with Crippen molar-refractivity contribution < 1.29 is 4.74 Å². The molecule has 132 valence electrons. The summed E-state index contributed by atoms with van der Waals surface area (Å²) in [5, 5.41) is 4.57. The van der Waals surface area contributed by atoms with Gasteiger partial charge in [0.1, 0.15) is 11.2 Å². The molecule has 0 fully saturated rings. The Morgan fingerprint density at radius 1 is 1.12 bits per heavy atom. The molecule has 2 heterocycles. The maximum absolute atomic E-state index is 6.10. The molecule has 0 radical (unpaired) electrons. The predicted molar refractivity (Wildman–Crippen MR) is 104 cm³/mol. The molecule has 4 nitrogen and oxygen atoms in total. The van der Waals surface area contributed by atoms with Gasteiger partial charge < -0.3 is 10.1 Å². The lowest BCUT2D eigenvalue weighted by molar-refractivity contribution is 0.172. The molecule has 5 heteroatoms. The molecule has 0 bridgehead atoms. The summed E-state index contributed by atoms with van der Waals surface area (Å²) in [5.74, 6) is 0.697. The van der Waals surface area contributed by atoms with Crippen molar-refractivity contribution in [1.29, 1.82) is 0 Å². The Balaban J connectivity index is 1.60. The van der Waals surface area contributed by atoms with E-state index in [-0.39, 0.29) is 5.41 Å². The van der Waals surface area contributed by atoms with Gasteiger partial charge in [0.15, 0.2) is 0 Å². The van der Waals surface area contributed by atoms with E-state index in [2.05, 4.69) is 67.2 Å². The minimum atomic E-state index is 0.00498. The number of ether oxygens (including phenoxy) is 1. The van der Waals surface area contributed by atoms with Gasteiger partial charge in [0, 0.05) is 23.4 Å². The lowest BCUT2D eigenvalue weighted by atomic mass is 9.95. The SMILES string of the molecule is Cc1sc2ncnc(OCC(C)(C)CNCc3ccccc3)c2c1C. The van der Waals surface area contributed by atoms with Crippen molar-refractivity contribution in [2.45, 2.75) is 34.2 Å². The molecular weight excluding hydrogens is 330 g/mol. The first-order chi connectivity index (χ1) is 12.0. The Morgan fingerprint density at radius 2 is 1.88 bits per heavy atom. The molecule has 25 heavy (non-hydrogen) atoms. The average molecular weight is 356 g/mol. The Hall–Kier alpha value is -1.98. The first-order valence-electron chi connectivity index (χ1n) is 8.54. The van der Waals surface area contributed by atoms with Crippen LogP contribution in [0, 0.1) is 19.3 Å². The van der Waals surface area contributed by atoms with Gasteiger partial charge in [-0.05, 0) is 25.0 Å². The van der Waals surface area contributed by atoms with Crippen LogP contribution in [0.25, 0.3) is 10.2 Å². The highest BCUT2D eigenvalue weighted by Crippen LogP contribution is 2.34. The molecule has 0 unspecified atom stereocenters. The smallest absolute Gasteiger partial charge is 0.225 e. The van der Waals surface area contributed by atoms with Crippen molar-refractivity contribution in [2.75, 3.05) is 13.2 Å². The van der Waals surface area contributed by atoms with Gasteiger partial charge in [0.05, 0.1) is 12.0 Å². The van der Waals surface area contributed by atoms with Crippen molar-refractivity contribution in [2.24, 2.45) is 5.41 Å². The Bertz CT molecular complexity index is 843.